The molecule has 9 heteroatoms. The lowest BCUT2D eigenvalue weighted by atomic mass is 9.94. The van der Waals surface area contributed by atoms with Gasteiger partial charge in [0.1, 0.15) is 11.9 Å². The van der Waals surface area contributed by atoms with Crippen molar-refractivity contribution in [3.05, 3.63) is 56.5 Å². The molecule has 0 aliphatic carbocycles. The molecule has 0 unspecified atom stereocenters. The average molecular weight is 561 g/mol. The lowest BCUT2D eigenvalue weighted by molar-refractivity contribution is -0.141. The van der Waals surface area contributed by atoms with Crippen molar-refractivity contribution in [1.82, 2.24) is 0 Å². The molecule has 1 amide bonds. The zero-order valence-corrected chi connectivity index (χ0v) is 20.6. The maximum absolute atomic E-state index is 12.6. The number of nitrogens with one attached hydrogen (secondary N) is 1. The molecule has 0 spiro atoms. The Morgan fingerprint density at radius 1 is 1.20 bits per heavy atom. The Morgan fingerprint density at radius 3 is 2.50 bits per heavy atom. The molecule has 2 aromatic carbocycles. The molecule has 0 saturated carbocycles. The van der Waals surface area contributed by atoms with E-state index in [9.17, 15) is 14.7 Å². The number of rotatable bonds is 8. The minimum atomic E-state index is -0.779. The first kappa shape index (κ1) is 24.6. The van der Waals surface area contributed by atoms with Gasteiger partial charge in [-0.2, -0.15) is 12.6 Å². The van der Waals surface area contributed by atoms with E-state index in [-0.39, 0.29) is 24.0 Å². The molecule has 0 bridgehead atoms. The van der Waals surface area contributed by atoms with Crippen LogP contribution in [-0.4, -0.2) is 29.5 Å². The third-order valence-corrected chi connectivity index (χ3v) is 5.70. The predicted octanol–water partition coefficient (Wildman–Crippen LogP) is 6.01. The van der Waals surface area contributed by atoms with Crippen LogP contribution in [-0.2, 0) is 14.3 Å². The van der Waals surface area contributed by atoms with Crippen LogP contribution in [0.4, 0.5) is 10.5 Å². The topological polar surface area (TPSA) is 84.9 Å². The number of hydrogen-bond donors (Lipinski definition) is 3. The number of carbonyl (C=O) groups excluding carboxylic acids is 2. The Morgan fingerprint density at radius 2 is 1.87 bits per heavy atom. The Bertz CT molecular complexity index is 892. The third-order valence-electron chi connectivity index (χ3n) is 4.38. The van der Waals surface area contributed by atoms with Crippen LogP contribution in [0, 0.1) is 12.8 Å². The highest BCUT2D eigenvalue weighted by atomic mass is 79.9. The first-order chi connectivity index (χ1) is 14.2. The summed E-state index contributed by atoms with van der Waals surface area (Å²) in [6, 6.07) is 10.7. The van der Waals surface area contributed by atoms with Gasteiger partial charge in [-0.25, -0.2) is 4.79 Å². The fraction of sp³-hybridized carbons (Fsp3) is 0.333. The Labute approximate surface area is 198 Å². The molecule has 0 heterocycles. The van der Waals surface area contributed by atoms with Crippen molar-refractivity contribution >= 4 is 62.2 Å². The number of aryl methyl sites for hydroxylation is 1. The van der Waals surface area contributed by atoms with E-state index in [1.54, 1.807) is 24.3 Å². The zero-order valence-electron chi connectivity index (χ0n) is 16.5. The number of esters is 1. The van der Waals surface area contributed by atoms with Gasteiger partial charge in [-0.15, -0.1) is 0 Å². The standard InChI is InChI=1S/C21H23Br2NO5S/c1-12-3-5-15(6-4-12)24-21(27)29-20(13(2)7-8-28-18(25)11-30)16-9-14(22)10-17(23)19(16)26/h3-6,9-10,13,20,26,30H,7-8,11H2,1-2H3,(H,24,27)/t13-,20-/m1/s1. The molecule has 162 valence electrons. The highest BCUT2D eigenvalue weighted by molar-refractivity contribution is 9.11. The second-order valence-electron chi connectivity index (χ2n) is 6.79. The summed E-state index contributed by atoms with van der Waals surface area (Å²) < 4.78 is 12.0. The van der Waals surface area contributed by atoms with Crippen molar-refractivity contribution in [2.75, 3.05) is 17.7 Å². The van der Waals surface area contributed by atoms with Gasteiger partial charge in [0.25, 0.3) is 0 Å². The van der Waals surface area contributed by atoms with Crippen molar-refractivity contribution in [2.24, 2.45) is 5.92 Å². The number of halogens is 2. The Kier molecular flexibility index (Phi) is 9.51. The number of phenols is 1. The number of phenolic OH excluding ortho intramolecular Hbond substituents is 1. The molecule has 0 radical (unpaired) electrons. The highest BCUT2D eigenvalue weighted by Crippen LogP contribution is 2.40. The molecule has 2 atom stereocenters. The molecular formula is C21H23Br2NO5S. The summed E-state index contributed by atoms with van der Waals surface area (Å²) in [5.41, 5.74) is 2.10. The summed E-state index contributed by atoms with van der Waals surface area (Å²) in [5.74, 6) is -0.709. The lowest BCUT2D eigenvalue weighted by Gasteiger charge is -2.26. The molecule has 2 aromatic rings. The number of ether oxygens (including phenoxy) is 2. The summed E-state index contributed by atoms with van der Waals surface area (Å²) in [6.07, 6.45) is -1.01. The number of thiol groups is 1. The van der Waals surface area contributed by atoms with E-state index in [0.29, 0.717) is 26.6 Å². The first-order valence-corrected chi connectivity index (χ1v) is 11.4. The van der Waals surface area contributed by atoms with Gasteiger partial charge in [0.2, 0.25) is 0 Å². The molecular weight excluding hydrogens is 538 g/mol. The van der Waals surface area contributed by atoms with Crippen LogP contribution in [0.1, 0.15) is 30.6 Å². The Balaban J connectivity index is 2.21. The molecule has 0 aliphatic rings. The SMILES string of the molecule is Cc1ccc(NC(=O)O[C@@H](c2cc(Br)cc(Br)c2O)[C@H](C)CCOC(=O)CS)cc1. The van der Waals surface area contributed by atoms with Crippen molar-refractivity contribution < 1.29 is 24.2 Å². The molecule has 0 fully saturated rings. The van der Waals surface area contributed by atoms with Crippen molar-refractivity contribution in [1.29, 1.82) is 0 Å². The summed E-state index contributed by atoms with van der Waals surface area (Å²) in [5, 5.41) is 13.2. The predicted molar refractivity (Wildman–Crippen MR) is 126 cm³/mol. The normalized spacial score (nSPS) is 12.7. The van der Waals surface area contributed by atoms with Gasteiger partial charge in [0, 0.05) is 21.6 Å². The van der Waals surface area contributed by atoms with Crippen LogP contribution in [0.3, 0.4) is 0 Å². The van der Waals surface area contributed by atoms with Gasteiger partial charge in [0.15, 0.2) is 0 Å². The van der Waals surface area contributed by atoms with Gasteiger partial charge in [-0.3, -0.25) is 10.1 Å². The van der Waals surface area contributed by atoms with Gasteiger partial charge in [0.05, 0.1) is 16.8 Å². The first-order valence-electron chi connectivity index (χ1n) is 9.20. The van der Waals surface area contributed by atoms with Crippen LogP contribution >= 0.6 is 44.5 Å². The van der Waals surface area contributed by atoms with E-state index in [1.807, 2.05) is 26.0 Å². The molecule has 2 rings (SSSR count). The highest BCUT2D eigenvalue weighted by Gasteiger charge is 2.28. The van der Waals surface area contributed by atoms with Crippen LogP contribution in [0.2, 0.25) is 0 Å². The molecule has 6 nitrogen and oxygen atoms in total. The van der Waals surface area contributed by atoms with E-state index in [4.69, 9.17) is 9.47 Å². The lowest BCUT2D eigenvalue weighted by Crippen LogP contribution is -2.23. The Hall–Kier alpha value is -1.71. The number of carbonyl (C=O) groups is 2. The maximum Gasteiger partial charge on any atom is 0.412 e. The van der Waals surface area contributed by atoms with Crippen molar-refractivity contribution in [3.63, 3.8) is 0 Å². The van der Waals surface area contributed by atoms with Gasteiger partial charge in [-0.05, 0) is 53.5 Å². The molecule has 0 aromatic heterocycles. The van der Waals surface area contributed by atoms with Crippen LogP contribution in [0.15, 0.2) is 45.3 Å². The largest absolute Gasteiger partial charge is 0.506 e. The number of amides is 1. The minimum Gasteiger partial charge on any atom is -0.506 e. The molecule has 0 saturated heterocycles. The number of aromatic hydroxyl groups is 1. The van der Waals surface area contributed by atoms with E-state index in [0.717, 1.165) is 5.56 Å². The summed E-state index contributed by atoms with van der Waals surface area (Å²) in [6.45, 7) is 3.96. The summed E-state index contributed by atoms with van der Waals surface area (Å²) in [4.78, 5) is 23.9. The van der Waals surface area contributed by atoms with Crippen LogP contribution in [0.25, 0.3) is 0 Å². The maximum atomic E-state index is 12.6. The van der Waals surface area contributed by atoms with E-state index < -0.39 is 18.2 Å². The number of hydrogen-bond acceptors (Lipinski definition) is 6. The summed E-state index contributed by atoms with van der Waals surface area (Å²) in [7, 11) is 0. The second-order valence-corrected chi connectivity index (χ2v) is 8.87. The monoisotopic (exact) mass is 559 g/mol. The van der Waals surface area contributed by atoms with Crippen molar-refractivity contribution in [3.8, 4) is 5.75 Å². The van der Waals surface area contributed by atoms with Crippen LogP contribution < -0.4 is 5.32 Å². The average Bonchev–Trinajstić information content (AvgIpc) is 2.70. The number of benzene rings is 2. The van der Waals surface area contributed by atoms with Crippen molar-refractivity contribution in [2.45, 2.75) is 26.4 Å². The quantitative estimate of drug-likeness (QED) is 0.272. The van der Waals surface area contributed by atoms with Gasteiger partial charge < -0.3 is 14.6 Å². The van der Waals surface area contributed by atoms with E-state index >= 15 is 0 Å². The van der Waals surface area contributed by atoms with Gasteiger partial charge in [-0.1, -0.05) is 40.5 Å². The fourth-order valence-electron chi connectivity index (χ4n) is 2.74. The molecule has 30 heavy (non-hydrogen) atoms. The third kappa shape index (κ3) is 7.21. The fourth-order valence-corrected chi connectivity index (χ4v) is 4.09. The van der Waals surface area contributed by atoms with Crippen LogP contribution in [0.5, 0.6) is 5.75 Å². The molecule has 2 N–H and O–H groups in total. The summed E-state index contributed by atoms with van der Waals surface area (Å²) >= 11 is 10.6. The van der Waals surface area contributed by atoms with E-state index in [1.165, 1.54) is 0 Å². The smallest absolute Gasteiger partial charge is 0.412 e. The second kappa shape index (κ2) is 11.6. The van der Waals surface area contributed by atoms with E-state index in [2.05, 4.69) is 49.8 Å². The van der Waals surface area contributed by atoms with Gasteiger partial charge >= 0.3 is 12.1 Å². The minimum absolute atomic E-state index is 0.00731. The number of anilines is 1. The molecule has 0 aliphatic heterocycles. The zero-order chi connectivity index (χ0) is 22.3.